The zero-order valence-corrected chi connectivity index (χ0v) is 12.9. The summed E-state index contributed by atoms with van der Waals surface area (Å²) in [6, 6.07) is 2.65. The predicted molar refractivity (Wildman–Crippen MR) is 78.0 cm³/mol. The Morgan fingerprint density at radius 2 is 1.84 bits per heavy atom. The molecule has 0 saturated carbocycles. The van der Waals surface area contributed by atoms with Crippen molar-refractivity contribution in [3.8, 4) is 0 Å². The van der Waals surface area contributed by atoms with Crippen molar-refractivity contribution >= 4 is 46.4 Å². The third kappa shape index (κ3) is 5.16. The van der Waals surface area contributed by atoms with E-state index < -0.39 is 6.10 Å². The molecule has 0 bridgehead atoms. The Kier molecular flexibility index (Phi) is 6.36. The highest BCUT2D eigenvalue weighted by Gasteiger charge is 2.19. The summed E-state index contributed by atoms with van der Waals surface area (Å²) in [5, 5.41) is 14.5. The third-order valence-corrected chi connectivity index (χ3v) is 3.31. The second-order valence-electron chi connectivity index (χ2n) is 4.34. The van der Waals surface area contributed by atoms with E-state index >= 15 is 0 Å². The van der Waals surface area contributed by atoms with Crippen LogP contribution in [0.5, 0.6) is 0 Å². The van der Waals surface area contributed by atoms with Crippen LogP contribution in [0.1, 0.15) is 13.8 Å². The van der Waals surface area contributed by atoms with Gasteiger partial charge in [0.15, 0.2) is 6.04 Å². The van der Waals surface area contributed by atoms with E-state index in [1.165, 1.54) is 12.1 Å². The van der Waals surface area contributed by atoms with E-state index in [0.29, 0.717) is 17.3 Å². The van der Waals surface area contributed by atoms with E-state index in [0.717, 1.165) is 0 Å². The number of nitrogens with two attached hydrogens (primary N) is 1. The molecule has 1 rings (SSSR count). The maximum absolute atomic E-state index is 11.9. The smallest absolute Gasteiger partial charge is 0.282 e. The number of rotatable bonds is 5. The Morgan fingerprint density at radius 1 is 1.32 bits per heavy atom. The van der Waals surface area contributed by atoms with Gasteiger partial charge in [0.1, 0.15) is 6.54 Å². The first kappa shape index (κ1) is 16.5. The van der Waals surface area contributed by atoms with Gasteiger partial charge in [0, 0.05) is 5.02 Å². The standard InChI is InChI=1S/C12H15Cl3N2O2/c1-6(18)5-16-7(2)12(19)17-11-9(14)3-8(13)4-10(11)15/h3-4,6-7,16,18H,5H2,1-2H3,(H,17,19)/p+1/t6-,7+/m0/s1. The highest BCUT2D eigenvalue weighted by molar-refractivity contribution is 6.42. The maximum atomic E-state index is 11.9. The van der Waals surface area contributed by atoms with Crippen molar-refractivity contribution in [2.75, 3.05) is 11.9 Å². The molecule has 7 heteroatoms. The van der Waals surface area contributed by atoms with E-state index in [-0.39, 0.29) is 22.0 Å². The molecule has 4 N–H and O–H groups in total. The molecule has 1 amide bonds. The zero-order chi connectivity index (χ0) is 14.6. The summed E-state index contributed by atoms with van der Waals surface area (Å²) in [6.07, 6.45) is -0.474. The molecule has 1 aromatic rings. The Labute approximate surface area is 127 Å². The van der Waals surface area contributed by atoms with Gasteiger partial charge in [-0.3, -0.25) is 4.79 Å². The minimum absolute atomic E-state index is 0.244. The van der Waals surface area contributed by atoms with Crippen molar-refractivity contribution in [1.29, 1.82) is 0 Å². The lowest BCUT2D eigenvalue weighted by Gasteiger charge is -2.14. The van der Waals surface area contributed by atoms with Gasteiger partial charge in [-0.05, 0) is 26.0 Å². The molecule has 0 aliphatic rings. The van der Waals surface area contributed by atoms with Crippen LogP contribution in [0, 0.1) is 0 Å². The Hall–Kier alpha value is -0.520. The maximum Gasteiger partial charge on any atom is 0.282 e. The van der Waals surface area contributed by atoms with Crippen LogP contribution in [-0.2, 0) is 4.79 Å². The quantitative estimate of drug-likeness (QED) is 0.774. The molecule has 2 atom stereocenters. The minimum atomic E-state index is -0.474. The number of benzene rings is 1. The van der Waals surface area contributed by atoms with Crippen molar-refractivity contribution in [2.45, 2.75) is 26.0 Å². The number of amides is 1. The topological polar surface area (TPSA) is 65.9 Å². The van der Waals surface area contributed by atoms with Crippen molar-refractivity contribution in [3.05, 3.63) is 27.2 Å². The van der Waals surface area contributed by atoms with Crippen LogP contribution in [-0.4, -0.2) is 29.7 Å². The fraction of sp³-hybridized carbons (Fsp3) is 0.417. The summed E-state index contributed by atoms with van der Waals surface area (Å²) in [7, 11) is 0. The van der Waals surface area contributed by atoms with Gasteiger partial charge in [-0.2, -0.15) is 0 Å². The van der Waals surface area contributed by atoms with Crippen LogP contribution in [0.25, 0.3) is 0 Å². The molecule has 19 heavy (non-hydrogen) atoms. The number of anilines is 1. The number of hydrogen-bond donors (Lipinski definition) is 3. The first-order chi connectivity index (χ1) is 8.81. The lowest BCUT2D eigenvalue weighted by molar-refractivity contribution is -0.678. The van der Waals surface area contributed by atoms with Gasteiger partial charge in [0.05, 0.1) is 21.8 Å². The highest BCUT2D eigenvalue weighted by atomic mass is 35.5. The molecule has 0 unspecified atom stereocenters. The van der Waals surface area contributed by atoms with Gasteiger partial charge in [0.25, 0.3) is 5.91 Å². The van der Waals surface area contributed by atoms with Crippen molar-refractivity contribution in [2.24, 2.45) is 0 Å². The Bertz CT molecular complexity index is 443. The molecular formula is C12H16Cl3N2O2+. The Balaban J connectivity index is 2.72. The molecule has 0 aromatic heterocycles. The average molecular weight is 327 g/mol. The molecule has 0 saturated heterocycles. The molecule has 0 radical (unpaired) electrons. The lowest BCUT2D eigenvalue weighted by Crippen LogP contribution is -2.93. The first-order valence-electron chi connectivity index (χ1n) is 5.78. The van der Waals surface area contributed by atoms with Crippen LogP contribution >= 0.6 is 34.8 Å². The first-order valence-corrected chi connectivity index (χ1v) is 6.91. The number of nitrogens with one attached hydrogen (secondary N) is 1. The molecule has 0 fully saturated rings. The van der Waals surface area contributed by atoms with Crippen molar-refractivity contribution in [1.82, 2.24) is 0 Å². The summed E-state index contributed by atoms with van der Waals surface area (Å²) in [5.41, 5.74) is 0.343. The number of halogens is 3. The second kappa shape index (κ2) is 7.31. The number of hydrogen-bond acceptors (Lipinski definition) is 2. The summed E-state index contributed by atoms with van der Waals surface area (Å²) >= 11 is 17.7. The molecule has 0 aliphatic carbocycles. The van der Waals surface area contributed by atoms with Gasteiger partial charge in [-0.1, -0.05) is 34.8 Å². The minimum Gasteiger partial charge on any atom is -0.388 e. The van der Waals surface area contributed by atoms with Gasteiger partial charge in [-0.15, -0.1) is 0 Å². The lowest BCUT2D eigenvalue weighted by atomic mass is 10.2. The van der Waals surface area contributed by atoms with Gasteiger partial charge in [-0.25, -0.2) is 0 Å². The van der Waals surface area contributed by atoms with Crippen molar-refractivity contribution < 1.29 is 15.2 Å². The summed E-state index contributed by atoms with van der Waals surface area (Å²) in [4.78, 5) is 11.9. The van der Waals surface area contributed by atoms with Crippen molar-refractivity contribution in [3.63, 3.8) is 0 Å². The van der Waals surface area contributed by atoms with Crippen LogP contribution in [0.15, 0.2) is 12.1 Å². The summed E-state index contributed by atoms with van der Waals surface area (Å²) < 4.78 is 0. The predicted octanol–water partition coefficient (Wildman–Crippen LogP) is 1.92. The largest absolute Gasteiger partial charge is 0.388 e. The third-order valence-electron chi connectivity index (χ3n) is 2.50. The number of carbonyl (C=O) groups excluding carboxylic acids is 1. The second-order valence-corrected chi connectivity index (χ2v) is 5.59. The molecule has 0 heterocycles. The molecule has 0 aliphatic heterocycles. The molecule has 106 valence electrons. The van der Waals surface area contributed by atoms with E-state index in [1.807, 2.05) is 0 Å². The normalized spacial score (nSPS) is 14.0. The SMILES string of the molecule is C[C@H](O)C[NH2+][C@H](C)C(=O)Nc1c(Cl)cc(Cl)cc1Cl. The number of aliphatic hydroxyl groups is 1. The average Bonchev–Trinajstić information content (AvgIpc) is 2.30. The number of carbonyl (C=O) groups is 1. The van der Waals surface area contributed by atoms with E-state index in [1.54, 1.807) is 19.2 Å². The van der Waals surface area contributed by atoms with E-state index in [9.17, 15) is 9.90 Å². The van der Waals surface area contributed by atoms with E-state index in [4.69, 9.17) is 34.8 Å². The van der Waals surface area contributed by atoms with Gasteiger partial charge >= 0.3 is 0 Å². The molecule has 0 spiro atoms. The summed E-state index contributed by atoms with van der Waals surface area (Å²) in [5.74, 6) is -0.244. The van der Waals surface area contributed by atoms with Gasteiger partial charge < -0.3 is 15.7 Å². The number of quaternary nitrogens is 1. The number of aliphatic hydroxyl groups excluding tert-OH is 1. The molecular weight excluding hydrogens is 311 g/mol. The van der Waals surface area contributed by atoms with Crippen LogP contribution in [0.4, 0.5) is 5.69 Å². The van der Waals surface area contributed by atoms with Crippen LogP contribution in [0.2, 0.25) is 15.1 Å². The Morgan fingerprint density at radius 3 is 2.32 bits per heavy atom. The van der Waals surface area contributed by atoms with Crippen LogP contribution in [0.3, 0.4) is 0 Å². The zero-order valence-electron chi connectivity index (χ0n) is 10.6. The monoisotopic (exact) mass is 325 g/mol. The highest BCUT2D eigenvalue weighted by Crippen LogP contribution is 2.33. The van der Waals surface area contributed by atoms with Gasteiger partial charge in [0.2, 0.25) is 0 Å². The molecule has 1 aromatic carbocycles. The molecule has 4 nitrogen and oxygen atoms in total. The fourth-order valence-corrected chi connectivity index (χ4v) is 2.32. The van der Waals surface area contributed by atoms with Crippen LogP contribution < -0.4 is 10.6 Å². The fourth-order valence-electron chi connectivity index (χ4n) is 1.41. The van der Waals surface area contributed by atoms with E-state index in [2.05, 4.69) is 5.32 Å². The summed E-state index contributed by atoms with van der Waals surface area (Å²) in [6.45, 7) is 3.83.